The third-order valence-electron chi connectivity index (χ3n) is 5.24. The number of piperazine rings is 1. The molecule has 0 radical (unpaired) electrons. The van der Waals surface area contributed by atoms with Gasteiger partial charge in [0.2, 0.25) is 5.95 Å². The Morgan fingerprint density at radius 3 is 2.23 bits per heavy atom. The van der Waals surface area contributed by atoms with Gasteiger partial charge in [0, 0.05) is 50.6 Å². The summed E-state index contributed by atoms with van der Waals surface area (Å²) in [4.78, 5) is 35.9. The van der Waals surface area contributed by atoms with Crippen LogP contribution in [0, 0.1) is 0 Å². The molecule has 1 saturated heterocycles. The van der Waals surface area contributed by atoms with Gasteiger partial charge in [0.1, 0.15) is 0 Å². The molecule has 7 nitrogen and oxygen atoms in total. The summed E-state index contributed by atoms with van der Waals surface area (Å²) in [6.07, 6.45) is 6.74. The van der Waals surface area contributed by atoms with Crippen LogP contribution in [0.25, 0.3) is 0 Å². The number of aromatic nitrogens is 2. The number of rotatable bonds is 10. The van der Waals surface area contributed by atoms with E-state index >= 15 is 0 Å². The van der Waals surface area contributed by atoms with Crippen molar-refractivity contribution in [2.75, 3.05) is 37.6 Å². The van der Waals surface area contributed by atoms with E-state index in [2.05, 4.69) is 19.8 Å². The number of nitrogens with zero attached hydrogens (tertiary/aromatic N) is 4. The highest BCUT2D eigenvalue weighted by Gasteiger charge is 2.18. The second-order valence-corrected chi connectivity index (χ2v) is 7.35. The zero-order chi connectivity index (χ0) is 20.5. The number of halogens is 1. The average Bonchev–Trinajstić information content (AvgIpc) is 2.76. The van der Waals surface area contributed by atoms with E-state index in [9.17, 15) is 9.59 Å². The minimum atomic E-state index is -0.940. The molecule has 162 valence electrons. The molecule has 0 amide bonds. The fraction of sp³-hybridized carbons (Fsp3) is 0.455. The van der Waals surface area contributed by atoms with E-state index in [1.807, 2.05) is 30.3 Å². The van der Waals surface area contributed by atoms with Crippen LogP contribution in [0.1, 0.15) is 41.6 Å². The van der Waals surface area contributed by atoms with Crippen LogP contribution in [-0.2, 0) is 11.2 Å². The number of carbonyl (C=O) groups is 2. The van der Waals surface area contributed by atoms with Gasteiger partial charge in [-0.05, 0) is 37.4 Å². The normalized spacial score (nSPS) is 14.2. The maximum absolute atomic E-state index is 11.9. The van der Waals surface area contributed by atoms with Crippen molar-refractivity contribution in [2.45, 2.75) is 32.1 Å². The topological polar surface area (TPSA) is 86.6 Å². The lowest BCUT2D eigenvalue weighted by molar-refractivity contribution is -0.136. The largest absolute Gasteiger partial charge is 0.481 e. The van der Waals surface area contributed by atoms with Gasteiger partial charge >= 0.3 is 5.97 Å². The number of carboxylic acid groups (broad SMARTS) is 1. The first-order chi connectivity index (χ1) is 14.1. The third-order valence-corrected chi connectivity index (χ3v) is 5.24. The highest BCUT2D eigenvalue weighted by atomic mass is 35.5. The standard InChI is InChI=1S/C22H28N4O3.ClH/c27-20(9-10-21(28)29)19-7-5-18(6-8-19)4-1-2-13-25-14-16-26(17-15-25)22-23-11-3-12-24-22;/h3,5-8,11-12H,1-2,4,9-10,13-17H2,(H,28,29);1H. The molecule has 2 aromatic rings. The number of benzene rings is 1. The van der Waals surface area contributed by atoms with Crippen molar-refractivity contribution in [1.82, 2.24) is 14.9 Å². The predicted molar refractivity (Wildman–Crippen MR) is 119 cm³/mol. The first-order valence-electron chi connectivity index (χ1n) is 10.2. The fourth-order valence-corrected chi connectivity index (χ4v) is 3.51. The van der Waals surface area contributed by atoms with Crippen LogP contribution in [0.3, 0.4) is 0 Å². The number of carboxylic acids is 1. The molecule has 1 aromatic heterocycles. The van der Waals surface area contributed by atoms with Gasteiger partial charge in [-0.2, -0.15) is 0 Å². The molecule has 1 N–H and O–H groups in total. The number of aryl methyl sites for hydroxylation is 1. The molecular weight excluding hydrogens is 404 g/mol. The second-order valence-electron chi connectivity index (χ2n) is 7.35. The van der Waals surface area contributed by atoms with Gasteiger partial charge in [0.15, 0.2) is 5.78 Å². The van der Waals surface area contributed by atoms with Crippen LogP contribution in [0.2, 0.25) is 0 Å². The summed E-state index contributed by atoms with van der Waals surface area (Å²) in [5, 5.41) is 8.67. The van der Waals surface area contributed by atoms with Crippen LogP contribution in [0.5, 0.6) is 0 Å². The van der Waals surface area contributed by atoms with E-state index in [-0.39, 0.29) is 31.0 Å². The lowest BCUT2D eigenvalue weighted by Crippen LogP contribution is -2.47. The number of Topliss-reactive ketones (excluding diaryl/α,β-unsaturated/α-hetero) is 1. The van der Waals surface area contributed by atoms with E-state index in [0.29, 0.717) is 5.56 Å². The smallest absolute Gasteiger partial charge is 0.303 e. The van der Waals surface area contributed by atoms with Crippen molar-refractivity contribution in [3.05, 3.63) is 53.9 Å². The number of ketones is 1. The predicted octanol–water partition coefficient (Wildman–Crippen LogP) is 3.09. The Bertz CT molecular complexity index is 794. The molecule has 3 rings (SSSR count). The molecular formula is C22H29ClN4O3. The first-order valence-corrected chi connectivity index (χ1v) is 10.2. The Morgan fingerprint density at radius 1 is 0.933 bits per heavy atom. The van der Waals surface area contributed by atoms with Crippen LogP contribution in [0.4, 0.5) is 5.95 Å². The van der Waals surface area contributed by atoms with E-state index in [0.717, 1.165) is 57.9 Å². The highest BCUT2D eigenvalue weighted by Crippen LogP contribution is 2.13. The van der Waals surface area contributed by atoms with Gasteiger partial charge in [0.25, 0.3) is 0 Å². The van der Waals surface area contributed by atoms with Crippen LogP contribution in [0.15, 0.2) is 42.7 Å². The van der Waals surface area contributed by atoms with E-state index in [1.54, 1.807) is 12.4 Å². The summed E-state index contributed by atoms with van der Waals surface area (Å²) >= 11 is 0. The van der Waals surface area contributed by atoms with Gasteiger partial charge in [-0.15, -0.1) is 12.4 Å². The summed E-state index contributed by atoms with van der Waals surface area (Å²) in [6, 6.07) is 9.42. The molecule has 0 bridgehead atoms. The molecule has 0 aliphatic carbocycles. The molecule has 30 heavy (non-hydrogen) atoms. The molecule has 0 atom stereocenters. The Kier molecular flexibility index (Phi) is 9.70. The quantitative estimate of drug-likeness (QED) is 0.456. The Balaban J connectivity index is 0.00000320. The van der Waals surface area contributed by atoms with Gasteiger partial charge in [-0.1, -0.05) is 24.3 Å². The number of aliphatic carboxylic acids is 1. The van der Waals surface area contributed by atoms with E-state index in [4.69, 9.17) is 5.11 Å². The maximum Gasteiger partial charge on any atom is 0.303 e. The summed E-state index contributed by atoms with van der Waals surface area (Å²) < 4.78 is 0. The maximum atomic E-state index is 11.9. The summed E-state index contributed by atoms with van der Waals surface area (Å²) in [7, 11) is 0. The van der Waals surface area contributed by atoms with Crippen molar-refractivity contribution in [3.8, 4) is 0 Å². The van der Waals surface area contributed by atoms with Crippen LogP contribution in [-0.4, -0.2) is 64.5 Å². The molecule has 8 heteroatoms. The number of anilines is 1. The van der Waals surface area contributed by atoms with Crippen LogP contribution < -0.4 is 4.90 Å². The molecule has 1 fully saturated rings. The van der Waals surface area contributed by atoms with E-state index < -0.39 is 5.97 Å². The number of unbranched alkanes of at least 4 members (excludes halogenated alkanes) is 1. The number of hydrogen-bond acceptors (Lipinski definition) is 6. The molecule has 0 saturated carbocycles. The minimum absolute atomic E-state index is 0. The fourth-order valence-electron chi connectivity index (χ4n) is 3.51. The molecule has 2 heterocycles. The highest BCUT2D eigenvalue weighted by molar-refractivity contribution is 5.97. The minimum Gasteiger partial charge on any atom is -0.481 e. The number of hydrogen-bond donors (Lipinski definition) is 1. The first kappa shape index (κ1) is 23.8. The zero-order valence-corrected chi connectivity index (χ0v) is 17.9. The molecule has 0 unspecified atom stereocenters. The Hall–Kier alpha value is -2.51. The number of carbonyl (C=O) groups excluding carboxylic acids is 1. The van der Waals surface area contributed by atoms with Gasteiger partial charge in [-0.3, -0.25) is 14.5 Å². The third kappa shape index (κ3) is 7.39. The molecule has 1 aromatic carbocycles. The lowest BCUT2D eigenvalue weighted by Gasteiger charge is -2.34. The van der Waals surface area contributed by atoms with Crippen molar-refractivity contribution < 1.29 is 14.7 Å². The monoisotopic (exact) mass is 432 g/mol. The lowest BCUT2D eigenvalue weighted by atomic mass is 10.0. The second kappa shape index (κ2) is 12.2. The van der Waals surface area contributed by atoms with Gasteiger partial charge in [-0.25, -0.2) is 9.97 Å². The van der Waals surface area contributed by atoms with Gasteiger partial charge < -0.3 is 10.0 Å². The van der Waals surface area contributed by atoms with E-state index in [1.165, 1.54) is 5.56 Å². The van der Waals surface area contributed by atoms with Crippen molar-refractivity contribution in [3.63, 3.8) is 0 Å². The Labute approximate surface area is 183 Å². The van der Waals surface area contributed by atoms with Gasteiger partial charge in [0.05, 0.1) is 6.42 Å². The molecule has 1 aliphatic heterocycles. The summed E-state index contributed by atoms with van der Waals surface area (Å²) in [6.45, 7) is 5.08. The SMILES string of the molecule is Cl.O=C(O)CCC(=O)c1ccc(CCCCN2CCN(c3ncccn3)CC2)cc1. The molecule has 0 spiro atoms. The molecule has 1 aliphatic rings. The van der Waals surface area contributed by atoms with Crippen molar-refractivity contribution in [1.29, 1.82) is 0 Å². The summed E-state index contributed by atoms with van der Waals surface area (Å²) in [5.74, 6) is -0.235. The van der Waals surface area contributed by atoms with Crippen molar-refractivity contribution >= 4 is 30.1 Å². The average molecular weight is 433 g/mol. The van der Waals surface area contributed by atoms with Crippen LogP contribution >= 0.6 is 12.4 Å². The Morgan fingerprint density at radius 2 is 1.60 bits per heavy atom. The van der Waals surface area contributed by atoms with Crippen molar-refractivity contribution in [2.24, 2.45) is 0 Å². The summed E-state index contributed by atoms with van der Waals surface area (Å²) in [5.41, 5.74) is 1.81. The zero-order valence-electron chi connectivity index (χ0n) is 17.1.